The van der Waals surface area contributed by atoms with Crippen molar-refractivity contribution in [2.75, 3.05) is 33.5 Å². The number of rotatable bonds is 14. The quantitative estimate of drug-likeness (QED) is 0.167. The Morgan fingerprint density at radius 3 is 2.28 bits per heavy atom. The van der Waals surface area contributed by atoms with Crippen LogP contribution in [0.2, 0.25) is 0 Å². The summed E-state index contributed by atoms with van der Waals surface area (Å²) >= 11 is 1.21. The van der Waals surface area contributed by atoms with Gasteiger partial charge in [-0.05, 0) is 81.7 Å². The Kier molecular flexibility index (Phi) is 11.8. The van der Waals surface area contributed by atoms with Gasteiger partial charge >= 0.3 is 11.9 Å². The van der Waals surface area contributed by atoms with E-state index in [1.165, 1.54) is 23.0 Å². The number of aromatic nitrogens is 1. The summed E-state index contributed by atoms with van der Waals surface area (Å²) < 4.78 is 35.6. The zero-order chi connectivity index (χ0) is 35.8. The molecular weight excluding hydrogens is 660 g/mol. The van der Waals surface area contributed by atoms with Crippen LogP contribution < -0.4 is 33.8 Å². The number of nitrogens with zero attached hydrogens (tertiary/aromatic N) is 2. The fraction of sp³-hybridized carbons (Fsp3) is 0.316. The lowest BCUT2D eigenvalue weighted by Crippen LogP contribution is -2.40. The van der Waals surface area contributed by atoms with Crippen molar-refractivity contribution >= 4 is 29.4 Å². The standard InChI is InChI=1S/C38H40N2O9S/c1-7-45-30-18-25(13-15-28(30)48-21-26-12-10-11-23(4)17-26)19-32-36(42)40-35(34(37(43)47-9-3)24(5)39-38(40)50-32)27-14-16-29(31(20-27)46-8-2)49-22-33(41)44-6/h10-20,35H,7-9,21-22H2,1-6H3/b32-19-/t35-/m0/s1. The number of thiazole rings is 1. The summed E-state index contributed by atoms with van der Waals surface area (Å²) in [4.78, 5) is 44.5. The average Bonchev–Trinajstić information content (AvgIpc) is 3.40. The summed E-state index contributed by atoms with van der Waals surface area (Å²) in [6.07, 6.45) is 1.77. The summed E-state index contributed by atoms with van der Waals surface area (Å²) in [5.41, 5.74) is 3.80. The molecule has 1 aliphatic heterocycles. The second kappa shape index (κ2) is 16.4. The molecule has 0 N–H and O–H groups in total. The van der Waals surface area contributed by atoms with Gasteiger partial charge in [-0.25, -0.2) is 14.6 Å². The number of aryl methyl sites for hydroxylation is 1. The molecule has 11 nitrogen and oxygen atoms in total. The van der Waals surface area contributed by atoms with Crippen molar-refractivity contribution in [3.8, 4) is 23.0 Å². The van der Waals surface area contributed by atoms with Crippen LogP contribution in [-0.4, -0.2) is 50.0 Å². The zero-order valence-corrected chi connectivity index (χ0v) is 29.8. The van der Waals surface area contributed by atoms with Crippen molar-refractivity contribution in [1.82, 2.24) is 4.57 Å². The Bertz CT molecular complexity index is 2100. The number of allylic oxidation sites excluding steroid dienone is 1. The number of fused-ring (bicyclic) bond motifs is 1. The van der Waals surface area contributed by atoms with E-state index in [2.05, 4.69) is 11.1 Å². The normalized spacial score (nSPS) is 14.0. The topological polar surface area (TPSA) is 124 Å². The molecule has 0 unspecified atom stereocenters. The van der Waals surface area contributed by atoms with E-state index in [1.807, 2.05) is 57.2 Å². The van der Waals surface area contributed by atoms with Gasteiger partial charge in [0.05, 0.1) is 48.8 Å². The molecule has 0 bridgehead atoms. The van der Waals surface area contributed by atoms with Crippen LogP contribution in [0.4, 0.5) is 0 Å². The maximum Gasteiger partial charge on any atom is 0.343 e. The van der Waals surface area contributed by atoms with Gasteiger partial charge in [0.2, 0.25) is 0 Å². The highest BCUT2D eigenvalue weighted by molar-refractivity contribution is 7.07. The highest BCUT2D eigenvalue weighted by Gasteiger charge is 2.34. The van der Waals surface area contributed by atoms with Gasteiger partial charge in [-0.1, -0.05) is 53.3 Å². The van der Waals surface area contributed by atoms with Gasteiger partial charge in [0.25, 0.3) is 5.56 Å². The molecule has 3 aromatic carbocycles. The van der Waals surface area contributed by atoms with Crippen LogP contribution in [0.1, 0.15) is 56.0 Å². The van der Waals surface area contributed by atoms with Gasteiger partial charge in [0, 0.05) is 0 Å². The van der Waals surface area contributed by atoms with E-state index in [9.17, 15) is 14.4 Å². The van der Waals surface area contributed by atoms with Gasteiger partial charge in [-0.3, -0.25) is 9.36 Å². The van der Waals surface area contributed by atoms with Crippen LogP contribution in [0.3, 0.4) is 0 Å². The van der Waals surface area contributed by atoms with Gasteiger partial charge in [-0.2, -0.15) is 0 Å². The largest absolute Gasteiger partial charge is 0.490 e. The lowest BCUT2D eigenvalue weighted by molar-refractivity contribution is -0.143. The zero-order valence-electron chi connectivity index (χ0n) is 28.9. The van der Waals surface area contributed by atoms with E-state index in [-0.39, 0.29) is 24.3 Å². The molecule has 5 rings (SSSR count). The van der Waals surface area contributed by atoms with Crippen LogP contribution >= 0.6 is 11.3 Å². The van der Waals surface area contributed by atoms with Crippen LogP contribution in [0, 0.1) is 6.92 Å². The minimum atomic E-state index is -0.877. The third-order valence-electron chi connectivity index (χ3n) is 7.72. The van der Waals surface area contributed by atoms with E-state index in [0.29, 0.717) is 63.4 Å². The van der Waals surface area contributed by atoms with Crippen LogP contribution in [0.5, 0.6) is 23.0 Å². The lowest BCUT2D eigenvalue weighted by Gasteiger charge is -2.25. The minimum Gasteiger partial charge on any atom is -0.490 e. The van der Waals surface area contributed by atoms with Crippen molar-refractivity contribution < 1.29 is 38.0 Å². The molecule has 0 spiro atoms. The maximum absolute atomic E-state index is 14.2. The Balaban J connectivity index is 1.57. The lowest BCUT2D eigenvalue weighted by atomic mass is 9.95. The maximum atomic E-state index is 14.2. The monoisotopic (exact) mass is 700 g/mol. The number of hydrogen-bond donors (Lipinski definition) is 0. The molecule has 0 saturated heterocycles. The van der Waals surface area contributed by atoms with Crippen molar-refractivity contribution in [2.45, 2.75) is 47.3 Å². The molecule has 1 aromatic heterocycles. The summed E-state index contributed by atoms with van der Waals surface area (Å²) in [6, 6.07) is 17.8. The molecule has 0 fully saturated rings. The first-order valence-electron chi connectivity index (χ1n) is 16.3. The van der Waals surface area contributed by atoms with Crippen LogP contribution in [0.15, 0.2) is 81.7 Å². The van der Waals surface area contributed by atoms with Crippen molar-refractivity contribution in [2.24, 2.45) is 4.99 Å². The first-order chi connectivity index (χ1) is 24.2. The smallest absolute Gasteiger partial charge is 0.343 e. The van der Waals surface area contributed by atoms with Gasteiger partial charge in [0.15, 0.2) is 34.4 Å². The second-order valence-electron chi connectivity index (χ2n) is 11.2. The Labute approximate surface area is 294 Å². The van der Waals surface area contributed by atoms with E-state index in [0.717, 1.165) is 16.7 Å². The third kappa shape index (κ3) is 8.08. The molecule has 0 aliphatic carbocycles. The third-order valence-corrected chi connectivity index (χ3v) is 8.70. The molecule has 1 aliphatic rings. The minimum absolute atomic E-state index is 0.143. The SMILES string of the molecule is CCOC(=O)C1=C(C)N=c2s/c(=C\c3ccc(OCc4cccc(C)c4)c(OCC)c3)c(=O)n2[C@H]1c1ccc(OCC(=O)OC)c(OCC)c1. The van der Waals surface area contributed by atoms with E-state index >= 15 is 0 Å². The summed E-state index contributed by atoms with van der Waals surface area (Å²) in [5, 5.41) is 0. The molecular formula is C38H40N2O9S. The van der Waals surface area contributed by atoms with Crippen LogP contribution in [0.25, 0.3) is 6.08 Å². The van der Waals surface area contributed by atoms with Gasteiger partial charge in [0.1, 0.15) is 6.61 Å². The first kappa shape index (κ1) is 35.9. The van der Waals surface area contributed by atoms with E-state index in [4.69, 9.17) is 28.4 Å². The predicted octanol–water partition coefficient (Wildman–Crippen LogP) is 5.03. The van der Waals surface area contributed by atoms with Crippen molar-refractivity contribution in [1.29, 1.82) is 0 Å². The number of carbonyl (C=O) groups is 2. The first-order valence-corrected chi connectivity index (χ1v) is 17.1. The number of ether oxygens (including phenoxy) is 6. The Morgan fingerprint density at radius 2 is 1.58 bits per heavy atom. The summed E-state index contributed by atoms with van der Waals surface area (Å²) in [5.74, 6) is 0.651. The molecule has 0 amide bonds. The summed E-state index contributed by atoms with van der Waals surface area (Å²) in [6.45, 7) is 10.1. The Morgan fingerprint density at radius 1 is 0.860 bits per heavy atom. The van der Waals surface area contributed by atoms with E-state index in [1.54, 1.807) is 38.1 Å². The van der Waals surface area contributed by atoms with E-state index < -0.39 is 18.0 Å². The van der Waals surface area contributed by atoms with Gasteiger partial charge < -0.3 is 28.4 Å². The summed E-state index contributed by atoms with van der Waals surface area (Å²) in [7, 11) is 1.27. The fourth-order valence-electron chi connectivity index (χ4n) is 5.50. The number of benzene rings is 3. The number of esters is 2. The highest BCUT2D eigenvalue weighted by atomic mass is 32.1. The van der Waals surface area contributed by atoms with Crippen molar-refractivity contribution in [3.05, 3.63) is 114 Å². The Hall–Kier alpha value is -5.36. The molecule has 4 aromatic rings. The number of carbonyl (C=O) groups excluding carboxylic acids is 2. The van der Waals surface area contributed by atoms with Crippen LogP contribution in [-0.2, 0) is 25.7 Å². The van der Waals surface area contributed by atoms with Gasteiger partial charge in [-0.15, -0.1) is 0 Å². The molecule has 0 saturated carbocycles. The number of hydrogen-bond acceptors (Lipinski definition) is 11. The molecule has 262 valence electrons. The molecule has 50 heavy (non-hydrogen) atoms. The number of methoxy groups -OCH3 is 1. The highest BCUT2D eigenvalue weighted by Crippen LogP contribution is 2.36. The predicted molar refractivity (Wildman–Crippen MR) is 189 cm³/mol. The van der Waals surface area contributed by atoms with Crippen molar-refractivity contribution in [3.63, 3.8) is 0 Å². The molecule has 12 heteroatoms. The average molecular weight is 701 g/mol. The fourth-order valence-corrected chi connectivity index (χ4v) is 6.55. The second-order valence-corrected chi connectivity index (χ2v) is 12.2. The molecule has 0 radical (unpaired) electrons. The molecule has 2 heterocycles. The molecule has 1 atom stereocenters.